The molecule has 0 spiro atoms. The Labute approximate surface area is 172 Å². The van der Waals surface area contributed by atoms with Gasteiger partial charge >= 0.3 is 5.97 Å². The van der Waals surface area contributed by atoms with Gasteiger partial charge < -0.3 is 24.7 Å². The average molecular weight is 406 g/mol. The first kappa shape index (κ1) is 19.9. The number of aromatic nitrogens is 1. The third kappa shape index (κ3) is 3.18. The molecule has 7 heteroatoms. The van der Waals surface area contributed by atoms with E-state index >= 15 is 0 Å². The number of esters is 1. The Hall–Kier alpha value is -3.42. The molecule has 2 aromatic carbocycles. The van der Waals surface area contributed by atoms with Crippen LogP contribution >= 0.6 is 0 Å². The van der Waals surface area contributed by atoms with Gasteiger partial charge in [-0.1, -0.05) is 24.3 Å². The lowest BCUT2D eigenvalue weighted by Gasteiger charge is -2.22. The van der Waals surface area contributed by atoms with E-state index in [9.17, 15) is 15.0 Å². The number of phenols is 1. The highest BCUT2D eigenvalue weighted by Crippen LogP contribution is 2.45. The molecule has 0 fully saturated rings. The van der Waals surface area contributed by atoms with Crippen LogP contribution in [0.2, 0.25) is 0 Å². The van der Waals surface area contributed by atoms with Crippen LogP contribution in [0.15, 0.2) is 53.2 Å². The first-order chi connectivity index (χ1) is 14.6. The Morgan fingerprint density at radius 2 is 1.90 bits per heavy atom. The number of carbonyl (C=O) groups is 1. The number of nitrogens with zero attached hydrogens (tertiary/aromatic N) is 1. The molecule has 30 heavy (non-hydrogen) atoms. The summed E-state index contributed by atoms with van der Waals surface area (Å²) in [7, 11) is 1.31. The van der Waals surface area contributed by atoms with Gasteiger partial charge in [-0.3, -0.25) is 4.98 Å². The van der Waals surface area contributed by atoms with Crippen LogP contribution in [0.4, 0.5) is 0 Å². The standard InChI is InChI=1S/C23H22N2O5/c1-13-17(23(28)29-2)18-19(20(25-11-12-26)14-7-9-24-10-8-14)21(27)15-5-3-4-6-16(15)22(18)30-13/h3-10,20,25-27H,11-12H2,1-2H3. The molecule has 0 amide bonds. The predicted octanol–water partition coefficient (Wildman–Crippen LogP) is 3.45. The third-order valence-corrected chi connectivity index (χ3v) is 5.21. The zero-order chi connectivity index (χ0) is 21.3. The number of carbonyl (C=O) groups excluding carboxylic acids is 1. The monoisotopic (exact) mass is 406 g/mol. The molecular weight excluding hydrogens is 384 g/mol. The second-order valence-electron chi connectivity index (χ2n) is 6.93. The molecule has 2 heterocycles. The minimum absolute atomic E-state index is 0.0382. The minimum atomic E-state index is -0.544. The second-order valence-corrected chi connectivity index (χ2v) is 6.93. The van der Waals surface area contributed by atoms with Gasteiger partial charge in [0.05, 0.1) is 19.8 Å². The summed E-state index contributed by atoms with van der Waals surface area (Å²) in [5.41, 5.74) is 2.08. The number of aryl methyl sites for hydroxylation is 1. The lowest BCUT2D eigenvalue weighted by molar-refractivity contribution is 0.0600. The minimum Gasteiger partial charge on any atom is -0.507 e. The zero-order valence-corrected chi connectivity index (χ0v) is 16.7. The Kier molecular flexibility index (Phi) is 5.39. The maximum absolute atomic E-state index is 12.6. The van der Waals surface area contributed by atoms with E-state index in [2.05, 4.69) is 10.3 Å². The molecule has 7 nitrogen and oxygen atoms in total. The number of rotatable bonds is 6. The van der Waals surface area contributed by atoms with Gasteiger partial charge in [0, 0.05) is 40.7 Å². The summed E-state index contributed by atoms with van der Waals surface area (Å²) in [4.78, 5) is 16.7. The number of methoxy groups -OCH3 is 1. The van der Waals surface area contributed by atoms with Crippen molar-refractivity contribution in [1.82, 2.24) is 10.3 Å². The highest BCUT2D eigenvalue weighted by atomic mass is 16.5. The number of benzene rings is 2. The van der Waals surface area contributed by atoms with E-state index in [1.54, 1.807) is 25.4 Å². The van der Waals surface area contributed by atoms with Crippen LogP contribution in [0, 0.1) is 6.92 Å². The molecule has 0 aliphatic rings. The van der Waals surface area contributed by atoms with Crippen molar-refractivity contribution in [1.29, 1.82) is 0 Å². The van der Waals surface area contributed by atoms with Gasteiger partial charge in [0.25, 0.3) is 0 Å². The Morgan fingerprint density at radius 3 is 2.57 bits per heavy atom. The summed E-state index contributed by atoms with van der Waals surface area (Å²) in [5.74, 6) is -0.0985. The summed E-state index contributed by atoms with van der Waals surface area (Å²) in [6, 6.07) is 10.4. The molecular formula is C23H22N2O5. The number of phenolic OH excluding ortho intramolecular Hbond substituents is 1. The number of nitrogens with one attached hydrogen (secondary N) is 1. The Balaban J connectivity index is 2.15. The molecule has 0 aliphatic heterocycles. The number of hydrogen-bond acceptors (Lipinski definition) is 7. The summed E-state index contributed by atoms with van der Waals surface area (Å²) in [5, 5.41) is 25.8. The van der Waals surface area contributed by atoms with E-state index < -0.39 is 12.0 Å². The topological polar surface area (TPSA) is 105 Å². The molecule has 0 aliphatic carbocycles. The summed E-state index contributed by atoms with van der Waals surface area (Å²) < 4.78 is 11.0. The van der Waals surface area contributed by atoms with Crippen molar-refractivity contribution in [3.05, 3.63) is 71.2 Å². The molecule has 154 valence electrons. The summed E-state index contributed by atoms with van der Waals surface area (Å²) in [6.07, 6.45) is 3.31. The van der Waals surface area contributed by atoms with Crippen molar-refractivity contribution in [3.8, 4) is 5.75 Å². The normalized spacial score (nSPS) is 12.4. The smallest absolute Gasteiger partial charge is 0.342 e. The molecule has 1 atom stereocenters. The molecule has 4 rings (SSSR count). The first-order valence-corrected chi connectivity index (χ1v) is 9.57. The molecule has 0 saturated carbocycles. The van der Waals surface area contributed by atoms with E-state index in [-0.39, 0.29) is 24.5 Å². The number of aliphatic hydroxyl groups is 1. The predicted molar refractivity (Wildman–Crippen MR) is 113 cm³/mol. The van der Waals surface area contributed by atoms with Crippen molar-refractivity contribution < 1.29 is 24.2 Å². The lowest BCUT2D eigenvalue weighted by atomic mass is 9.90. The third-order valence-electron chi connectivity index (χ3n) is 5.21. The van der Waals surface area contributed by atoms with Crippen LogP contribution in [-0.4, -0.2) is 41.4 Å². The molecule has 4 aromatic rings. The van der Waals surface area contributed by atoms with E-state index in [0.29, 0.717) is 33.1 Å². The van der Waals surface area contributed by atoms with Gasteiger partial charge in [-0.2, -0.15) is 0 Å². The highest BCUT2D eigenvalue weighted by Gasteiger charge is 2.30. The number of furan rings is 1. The maximum atomic E-state index is 12.6. The van der Waals surface area contributed by atoms with Crippen LogP contribution in [0.5, 0.6) is 5.75 Å². The van der Waals surface area contributed by atoms with Crippen LogP contribution in [0.1, 0.15) is 33.3 Å². The van der Waals surface area contributed by atoms with Crippen molar-refractivity contribution in [3.63, 3.8) is 0 Å². The number of pyridine rings is 1. The fourth-order valence-corrected chi connectivity index (χ4v) is 3.92. The van der Waals surface area contributed by atoms with Gasteiger partial charge in [0.1, 0.15) is 22.7 Å². The number of aromatic hydroxyl groups is 1. The van der Waals surface area contributed by atoms with Gasteiger partial charge in [-0.05, 0) is 24.6 Å². The zero-order valence-electron chi connectivity index (χ0n) is 16.7. The molecule has 3 N–H and O–H groups in total. The van der Waals surface area contributed by atoms with Crippen molar-refractivity contribution >= 4 is 27.7 Å². The van der Waals surface area contributed by atoms with Gasteiger partial charge in [0.2, 0.25) is 0 Å². The van der Waals surface area contributed by atoms with Gasteiger partial charge in [-0.15, -0.1) is 0 Å². The quantitative estimate of drug-likeness (QED) is 0.421. The van der Waals surface area contributed by atoms with Crippen molar-refractivity contribution in [2.24, 2.45) is 0 Å². The van der Waals surface area contributed by atoms with Crippen LogP contribution in [0.3, 0.4) is 0 Å². The van der Waals surface area contributed by atoms with Crippen molar-refractivity contribution in [2.45, 2.75) is 13.0 Å². The van der Waals surface area contributed by atoms with Crippen LogP contribution in [-0.2, 0) is 4.74 Å². The van der Waals surface area contributed by atoms with E-state index in [4.69, 9.17) is 9.15 Å². The first-order valence-electron chi connectivity index (χ1n) is 9.57. The van der Waals surface area contributed by atoms with E-state index in [0.717, 1.165) is 5.56 Å². The fourth-order valence-electron chi connectivity index (χ4n) is 3.92. The second kappa shape index (κ2) is 8.14. The van der Waals surface area contributed by atoms with Crippen LogP contribution < -0.4 is 5.32 Å². The number of fused-ring (bicyclic) bond motifs is 3. The number of hydrogen-bond donors (Lipinski definition) is 3. The highest BCUT2D eigenvalue weighted by molar-refractivity contribution is 6.16. The Bertz CT molecular complexity index is 1220. The molecule has 0 bridgehead atoms. The maximum Gasteiger partial charge on any atom is 0.342 e. The summed E-state index contributed by atoms with van der Waals surface area (Å²) in [6.45, 7) is 1.89. The van der Waals surface area contributed by atoms with Crippen LogP contribution in [0.25, 0.3) is 21.7 Å². The molecule has 0 saturated heterocycles. The average Bonchev–Trinajstić information content (AvgIpc) is 3.13. The van der Waals surface area contributed by atoms with Crippen molar-refractivity contribution in [2.75, 3.05) is 20.3 Å². The van der Waals surface area contributed by atoms with E-state index in [1.807, 2.05) is 30.3 Å². The largest absolute Gasteiger partial charge is 0.507 e. The number of ether oxygens (including phenoxy) is 1. The van der Waals surface area contributed by atoms with Gasteiger partial charge in [-0.25, -0.2) is 4.79 Å². The lowest BCUT2D eigenvalue weighted by Crippen LogP contribution is -2.26. The Morgan fingerprint density at radius 1 is 1.20 bits per heavy atom. The SMILES string of the molecule is COC(=O)c1c(C)oc2c1c(C(NCCO)c1ccncc1)c(O)c1ccccc12. The molecule has 1 unspecified atom stereocenters. The number of aliphatic hydroxyl groups excluding tert-OH is 1. The fraction of sp³-hybridized carbons (Fsp3) is 0.217. The van der Waals surface area contributed by atoms with Gasteiger partial charge in [0.15, 0.2) is 0 Å². The molecule has 2 aromatic heterocycles. The molecule has 0 radical (unpaired) electrons. The van der Waals surface area contributed by atoms with E-state index in [1.165, 1.54) is 7.11 Å². The summed E-state index contributed by atoms with van der Waals surface area (Å²) >= 11 is 0.